The Labute approximate surface area is 183 Å². The van der Waals surface area contributed by atoms with Crippen molar-refractivity contribution in [2.75, 3.05) is 26.2 Å². The summed E-state index contributed by atoms with van der Waals surface area (Å²) < 4.78 is 33.3. The highest BCUT2D eigenvalue weighted by atomic mass is 35.5. The standard InChI is InChI=1S/C22H27ClN2O4S/c1-17-8-4-5-9-20(17)29-15-12-24-22(26)18-10-11-19(23)21(16-18)30(27,28)25-13-6-2-3-7-14-25/h4-5,8-11,16H,2-3,6-7,12-15H2,1H3,(H,24,26). The minimum atomic E-state index is -3.74. The fraction of sp³-hybridized carbons (Fsp3) is 0.409. The van der Waals surface area contributed by atoms with Gasteiger partial charge in [-0.25, -0.2) is 8.42 Å². The molecule has 1 N–H and O–H groups in total. The van der Waals surface area contributed by atoms with E-state index in [1.807, 2.05) is 31.2 Å². The van der Waals surface area contributed by atoms with E-state index in [4.69, 9.17) is 16.3 Å². The summed E-state index contributed by atoms with van der Waals surface area (Å²) in [6.07, 6.45) is 3.70. The zero-order valence-electron chi connectivity index (χ0n) is 17.1. The van der Waals surface area contributed by atoms with Crippen LogP contribution >= 0.6 is 11.6 Å². The molecule has 2 aromatic carbocycles. The first kappa shape index (κ1) is 22.6. The second-order valence-corrected chi connectivity index (χ2v) is 9.65. The third kappa shape index (κ3) is 5.53. The molecule has 6 nitrogen and oxygen atoms in total. The second kappa shape index (κ2) is 10.3. The predicted molar refractivity (Wildman–Crippen MR) is 118 cm³/mol. The molecule has 0 saturated carbocycles. The van der Waals surface area contributed by atoms with Crippen LogP contribution in [-0.4, -0.2) is 44.9 Å². The maximum absolute atomic E-state index is 13.1. The molecule has 0 bridgehead atoms. The van der Waals surface area contributed by atoms with Gasteiger partial charge in [-0.05, 0) is 49.6 Å². The zero-order valence-corrected chi connectivity index (χ0v) is 18.6. The van der Waals surface area contributed by atoms with E-state index in [0.717, 1.165) is 37.0 Å². The fourth-order valence-electron chi connectivity index (χ4n) is 3.41. The van der Waals surface area contributed by atoms with Gasteiger partial charge in [-0.3, -0.25) is 4.79 Å². The molecule has 0 unspecified atom stereocenters. The number of aryl methyl sites for hydroxylation is 1. The topological polar surface area (TPSA) is 75.7 Å². The number of rotatable bonds is 7. The molecular formula is C22H27ClN2O4S. The van der Waals surface area contributed by atoms with Gasteiger partial charge in [0.25, 0.3) is 5.91 Å². The van der Waals surface area contributed by atoms with Crippen LogP contribution in [0.5, 0.6) is 5.75 Å². The maximum atomic E-state index is 13.1. The molecule has 1 amide bonds. The van der Waals surface area contributed by atoms with Crippen molar-refractivity contribution < 1.29 is 17.9 Å². The molecule has 1 aliphatic rings. The number of amides is 1. The molecule has 1 aliphatic heterocycles. The molecule has 0 aromatic heterocycles. The summed E-state index contributed by atoms with van der Waals surface area (Å²) in [6.45, 7) is 3.51. The maximum Gasteiger partial charge on any atom is 0.251 e. The minimum Gasteiger partial charge on any atom is -0.491 e. The van der Waals surface area contributed by atoms with E-state index in [1.54, 1.807) is 0 Å². The Morgan fingerprint density at radius 2 is 1.80 bits per heavy atom. The number of nitrogens with one attached hydrogen (secondary N) is 1. The number of ether oxygens (including phenoxy) is 1. The average molecular weight is 451 g/mol. The molecular weight excluding hydrogens is 424 g/mol. The van der Waals surface area contributed by atoms with Gasteiger partial charge in [-0.2, -0.15) is 4.31 Å². The van der Waals surface area contributed by atoms with Crippen LogP contribution in [0.1, 0.15) is 41.6 Å². The Morgan fingerprint density at radius 1 is 1.10 bits per heavy atom. The lowest BCUT2D eigenvalue weighted by Crippen LogP contribution is -2.32. The minimum absolute atomic E-state index is 0.0186. The number of carbonyl (C=O) groups excluding carboxylic acids is 1. The summed E-state index contributed by atoms with van der Waals surface area (Å²) in [7, 11) is -3.74. The molecule has 30 heavy (non-hydrogen) atoms. The Balaban J connectivity index is 1.65. The van der Waals surface area contributed by atoms with Gasteiger partial charge in [0.1, 0.15) is 17.3 Å². The van der Waals surface area contributed by atoms with Crippen LogP contribution < -0.4 is 10.1 Å². The van der Waals surface area contributed by atoms with E-state index in [2.05, 4.69) is 5.32 Å². The third-order valence-corrected chi connectivity index (χ3v) is 7.50. The van der Waals surface area contributed by atoms with Crippen LogP contribution in [0.2, 0.25) is 5.02 Å². The van der Waals surface area contributed by atoms with Crippen LogP contribution in [-0.2, 0) is 10.0 Å². The van der Waals surface area contributed by atoms with Crippen LogP contribution in [0, 0.1) is 6.92 Å². The molecule has 0 spiro atoms. The lowest BCUT2D eigenvalue weighted by atomic mass is 10.2. The van der Waals surface area contributed by atoms with Crippen molar-refractivity contribution in [3.63, 3.8) is 0 Å². The van der Waals surface area contributed by atoms with Gasteiger partial charge in [-0.15, -0.1) is 0 Å². The number of sulfonamides is 1. The molecule has 1 heterocycles. The van der Waals surface area contributed by atoms with Crippen molar-refractivity contribution in [1.82, 2.24) is 9.62 Å². The number of carbonyl (C=O) groups is 1. The van der Waals surface area contributed by atoms with Crippen LogP contribution in [0.4, 0.5) is 0 Å². The Hall–Kier alpha value is -2.09. The van der Waals surface area contributed by atoms with Gasteiger partial charge in [0.15, 0.2) is 0 Å². The smallest absolute Gasteiger partial charge is 0.251 e. The Kier molecular flexibility index (Phi) is 7.75. The normalized spacial score (nSPS) is 15.4. The number of benzene rings is 2. The van der Waals surface area contributed by atoms with Gasteiger partial charge < -0.3 is 10.1 Å². The Bertz CT molecular complexity index is 986. The van der Waals surface area contributed by atoms with Gasteiger partial charge in [0, 0.05) is 18.7 Å². The van der Waals surface area contributed by atoms with Crippen molar-refractivity contribution in [2.45, 2.75) is 37.5 Å². The molecule has 8 heteroatoms. The van der Waals surface area contributed by atoms with Gasteiger partial charge in [-0.1, -0.05) is 42.6 Å². The largest absolute Gasteiger partial charge is 0.491 e. The van der Waals surface area contributed by atoms with Crippen LogP contribution in [0.25, 0.3) is 0 Å². The number of hydrogen-bond acceptors (Lipinski definition) is 4. The molecule has 3 rings (SSSR count). The van der Waals surface area contributed by atoms with E-state index in [1.165, 1.54) is 22.5 Å². The Morgan fingerprint density at radius 3 is 2.50 bits per heavy atom. The zero-order chi connectivity index (χ0) is 21.6. The first-order valence-electron chi connectivity index (χ1n) is 10.2. The number of nitrogens with zero attached hydrogens (tertiary/aromatic N) is 1. The predicted octanol–water partition coefficient (Wildman–Crippen LogP) is 4.02. The molecule has 2 aromatic rings. The first-order chi connectivity index (χ1) is 14.4. The van der Waals surface area contributed by atoms with Crippen LogP contribution in [0.3, 0.4) is 0 Å². The molecule has 1 saturated heterocycles. The lowest BCUT2D eigenvalue weighted by Gasteiger charge is -2.21. The van der Waals surface area contributed by atoms with Crippen molar-refractivity contribution >= 4 is 27.5 Å². The number of hydrogen-bond donors (Lipinski definition) is 1. The van der Waals surface area contributed by atoms with E-state index < -0.39 is 10.0 Å². The van der Waals surface area contributed by atoms with Gasteiger partial charge >= 0.3 is 0 Å². The average Bonchev–Trinajstić information content (AvgIpc) is 3.02. The summed E-state index contributed by atoms with van der Waals surface area (Å²) in [6, 6.07) is 12.0. The molecule has 162 valence electrons. The fourth-order valence-corrected chi connectivity index (χ4v) is 5.43. The van der Waals surface area contributed by atoms with E-state index in [0.29, 0.717) is 26.2 Å². The monoisotopic (exact) mass is 450 g/mol. The van der Waals surface area contributed by atoms with Crippen molar-refractivity contribution in [3.8, 4) is 5.75 Å². The second-order valence-electron chi connectivity index (χ2n) is 7.33. The summed E-state index contributed by atoms with van der Waals surface area (Å²) >= 11 is 6.20. The lowest BCUT2D eigenvalue weighted by molar-refractivity contribution is 0.0946. The van der Waals surface area contributed by atoms with Crippen LogP contribution in [0.15, 0.2) is 47.4 Å². The van der Waals surface area contributed by atoms with E-state index in [9.17, 15) is 13.2 Å². The van der Waals surface area contributed by atoms with Crippen molar-refractivity contribution in [2.24, 2.45) is 0 Å². The highest BCUT2D eigenvalue weighted by Gasteiger charge is 2.28. The highest BCUT2D eigenvalue weighted by molar-refractivity contribution is 7.89. The van der Waals surface area contributed by atoms with E-state index in [-0.39, 0.29) is 21.4 Å². The molecule has 1 fully saturated rings. The summed E-state index contributed by atoms with van der Waals surface area (Å²) in [5, 5.41) is 2.88. The SMILES string of the molecule is Cc1ccccc1OCCNC(=O)c1ccc(Cl)c(S(=O)(=O)N2CCCCCC2)c1. The van der Waals surface area contributed by atoms with Gasteiger partial charge in [0.2, 0.25) is 10.0 Å². The van der Waals surface area contributed by atoms with E-state index >= 15 is 0 Å². The first-order valence-corrected chi connectivity index (χ1v) is 12.0. The highest BCUT2D eigenvalue weighted by Crippen LogP contribution is 2.27. The number of para-hydroxylation sites is 1. The summed E-state index contributed by atoms with van der Waals surface area (Å²) in [4.78, 5) is 12.5. The summed E-state index contributed by atoms with van der Waals surface area (Å²) in [5.74, 6) is 0.399. The van der Waals surface area contributed by atoms with Crippen molar-refractivity contribution in [3.05, 3.63) is 58.6 Å². The van der Waals surface area contributed by atoms with Gasteiger partial charge in [0.05, 0.1) is 11.6 Å². The quantitative estimate of drug-likeness (QED) is 0.646. The number of halogens is 1. The third-order valence-electron chi connectivity index (χ3n) is 5.12. The molecule has 0 radical (unpaired) electrons. The molecule has 0 atom stereocenters. The summed E-state index contributed by atoms with van der Waals surface area (Å²) in [5.41, 5.74) is 1.27. The molecule has 0 aliphatic carbocycles. The van der Waals surface area contributed by atoms with Crippen molar-refractivity contribution in [1.29, 1.82) is 0 Å².